The van der Waals surface area contributed by atoms with E-state index in [0.29, 0.717) is 25.3 Å². The molecule has 0 radical (unpaired) electrons. The van der Waals surface area contributed by atoms with Gasteiger partial charge in [0.2, 0.25) is 5.91 Å². The van der Waals surface area contributed by atoms with E-state index < -0.39 is 0 Å². The summed E-state index contributed by atoms with van der Waals surface area (Å²) in [7, 11) is 1.62. The predicted octanol–water partition coefficient (Wildman–Crippen LogP) is 1.71. The quantitative estimate of drug-likeness (QED) is 0.792. The van der Waals surface area contributed by atoms with Crippen LogP contribution in [0.3, 0.4) is 0 Å². The molecule has 8 nitrogen and oxygen atoms in total. The fourth-order valence-electron chi connectivity index (χ4n) is 3.19. The van der Waals surface area contributed by atoms with E-state index in [0.717, 1.165) is 17.8 Å². The predicted molar refractivity (Wildman–Crippen MR) is 90.6 cm³/mol. The van der Waals surface area contributed by atoms with Crippen LogP contribution in [0.5, 0.6) is 0 Å². The van der Waals surface area contributed by atoms with E-state index in [1.165, 1.54) is 0 Å². The van der Waals surface area contributed by atoms with Gasteiger partial charge in [-0.3, -0.25) is 9.48 Å². The third-order valence-electron chi connectivity index (χ3n) is 4.35. The summed E-state index contributed by atoms with van der Waals surface area (Å²) < 4.78 is 12.2. The van der Waals surface area contributed by atoms with Crippen LogP contribution in [0.1, 0.15) is 55.9 Å². The molecule has 136 valence electrons. The lowest BCUT2D eigenvalue weighted by Crippen LogP contribution is -2.49. The lowest BCUT2D eigenvalue weighted by molar-refractivity contribution is -0.124. The highest BCUT2D eigenvalue weighted by Crippen LogP contribution is 2.26. The van der Waals surface area contributed by atoms with Crippen LogP contribution in [-0.2, 0) is 22.7 Å². The fraction of sp³-hybridized carbons (Fsp3) is 0.588. The van der Waals surface area contributed by atoms with Crippen molar-refractivity contribution in [2.24, 2.45) is 0 Å². The molecule has 0 saturated carbocycles. The number of amides is 1. The van der Waals surface area contributed by atoms with Crippen LogP contribution < -0.4 is 10.6 Å². The third kappa shape index (κ3) is 4.08. The second-order valence-electron chi connectivity index (χ2n) is 6.58. The van der Waals surface area contributed by atoms with E-state index in [-0.39, 0.29) is 24.0 Å². The molecular weight excluding hydrogens is 322 g/mol. The number of carbonyl (C=O) groups is 1. The normalized spacial score (nSPS) is 20.9. The number of carbonyl (C=O) groups excluding carboxylic acids is 1. The first-order valence-electron chi connectivity index (χ1n) is 8.58. The maximum absolute atomic E-state index is 11.9. The van der Waals surface area contributed by atoms with Crippen LogP contribution in [0.15, 0.2) is 22.9 Å². The largest absolute Gasteiger partial charge is 0.377 e. The van der Waals surface area contributed by atoms with E-state index in [2.05, 4.69) is 34.7 Å². The summed E-state index contributed by atoms with van der Waals surface area (Å²) in [6.07, 6.45) is 3.06. The molecule has 25 heavy (non-hydrogen) atoms. The summed E-state index contributed by atoms with van der Waals surface area (Å²) in [4.78, 5) is 11.9. The Labute approximate surface area is 146 Å². The van der Waals surface area contributed by atoms with Gasteiger partial charge in [0.25, 0.3) is 0 Å². The van der Waals surface area contributed by atoms with Gasteiger partial charge in [-0.05, 0) is 26.3 Å². The zero-order valence-electron chi connectivity index (χ0n) is 14.9. The first-order valence-corrected chi connectivity index (χ1v) is 8.58. The van der Waals surface area contributed by atoms with Crippen molar-refractivity contribution >= 4 is 5.91 Å². The van der Waals surface area contributed by atoms with E-state index in [4.69, 9.17) is 9.26 Å². The highest BCUT2D eigenvalue weighted by Gasteiger charge is 2.32. The molecule has 1 fully saturated rings. The molecule has 0 unspecified atom stereocenters. The molecule has 0 spiro atoms. The van der Waals surface area contributed by atoms with E-state index in [9.17, 15) is 4.79 Å². The van der Waals surface area contributed by atoms with Crippen molar-refractivity contribution in [2.45, 2.75) is 58.0 Å². The molecule has 2 atom stereocenters. The fourth-order valence-corrected chi connectivity index (χ4v) is 3.19. The van der Waals surface area contributed by atoms with Gasteiger partial charge in [0.15, 0.2) is 5.76 Å². The summed E-state index contributed by atoms with van der Waals surface area (Å²) in [6.45, 7) is 5.13. The Kier molecular flexibility index (Phi) is 5.50. The summed E-state index contributed by atoms with van der Waals surface area (Å²) in [6, 6.07) is 4.07. The van der Waals surface area contributed by atoms with Gasteiger partial charge in [-0.25, -0.2) is 0 Å². The molecule has 2 aromatic rings. The summed E-state index contributed by atoms with van der Waals surface area (Å²) >= 11 is 0. The third-order valence-corrected chi connectivity index (χ3v) is 4.35. The van der Waals surface area contributed by atoms with Crippen molar-refractivity contribution in [1.29, 1.82) is 0 Å². The molecule has 3 heterocycles. The van der Waals surface area contributed by atoms with Gasteiger partial charge in [-0.2, -0.15) is 5.10 Å². The topological polar surface area (TPSA) is 94.2 Å². The number of nitrogens with one attached hydrogen (secondary N) is 2. The van der Waals surface area contributed by atoms with E-state index >= 15 is 0 Å². The minimum Gasteiger partial charge on any atom is -0.377 e. The van der Waals surface area contributed by atoms with Crippen molar-refractivity contribution in [3.05, 3.63) is 35.5 Å². The second kappa shape index (κ2) is 7.79. The Hall–Kier alpha value is -2.19. The first kappa shape index (κ1) is 17.6. The van der Waals surface area contributed by atoms with Gasteiger partial charge in [-0.1, -0.05) is 5.16 Å². The molecule has 3 rings (SSSR count). The molecule has 2 aromatic heterocycles. The molecule has 0 aromatic carbocycles. The van der Waals surface area contributed by atoms with Gasteiger partial charge >= 0.3 is 0 Å². The average molecular weight is 347 g/mol. The van der Waals surface area contributed by atoms with Gasteiger partial charge in [0.1, 0.15) is 6.61 Å². The molecule has 0 bridgehead atoms. The van der Waals surface area contributed by atoms with E-state index in [1.807, 2.05) is 16.8 Å². The molecule has 1 aliphatic rings. The van der Waals surface area contributed by atoms with Crippen molar-refractivity contribution in [1.82, 2.24) is 25.6 Å². The van der Waals surface area contributed by atoms with Crippen LogP contribution in [0.25, 0.3) is 0 Å². The monoisotopic (exact) mass is 347 g/mol. The maximum atomic E-state index is 11.9. The number of ether oxygens (including phenoxy) is 1. The lowest BCUT2D eigenvalue weighted by Gasteiger charge is -2.33. The number of aromatic nitrogens is 3. The molecule has 1 saturated heterocycles. The highest BCUT2D eigenvalue weighted by atomic mass is 16.5. The Morgan fingerprint density at radius 2 is 2.36 bits per heavy atom. The Bertz CT molecular complexity index is 709. The number of hydrogen-bond donors (Lipinski definition) is 2. The van der Waals surface area contributed by atoms with Crippen molar-refractivity contribution < 1.29 is 14.1 Å². The molecule has 0 aliphatic carbocycles. The van der Waals surface area contributed by atoms with Gasteiger partial charge in [0.05, 0.1) is 17.4 Å². The number of hydrogen-bond acceptors (Lipinski definition) is 6. The van der Waals surface area contributed by atoms with Gasteiger partial charge < -0.3 is 19.9 Å². The maximum Gasteiger partial charge on any atom is 0.220 e. The standard InChI is InChI=1S/C17H25N5O3/c1-11(2)22-15(6-7-19-22)17-14(4-5-16(23)20-17)18-9-12-8-13(10-24-3)25-21-12/h6-8,11,14,17-18H,4-5,9-10H2,1-3H3,(H,20,23)/t14-,17-/m1/s1. The Balaban J connectivity index is 1.71. The molecular formula is C17H25N5O3. The number of piperidine rings is 1. The number of methoxy groups -OCH3 is 1. The van der Waals surface area contributed by atoms with Crippen LogP contribution >= 0.6 is 0 Å². The molecule has 2 N–H and O–H groups in total. The zero-order valence-corrected chi connectivity index (χ0v) is 14.9. The van der Waals surface area contributed by atoms with Crippen LogP contribution in [0.4, 0.5) is 0 Å². The van der Waals surface area contributed by atoms with Crippen LogP contribution in [0, 0.1) is 0 Å². The molecule has 1 amide bonds. The second-order valence-corrected chi connectivity index (χ2v) is 6.58. The smallest absolute Gasteiger partial charge is 0.220 e. The number of nitrogens with zero attached hydrogens (tertiary/aromatic N) is 3. The minimum atomic E-state index is -0.114. The summed E-state index contributed by atoms with van der Waals surface area (Å²) in [5.74, 6) is 0.772. The zero-order chi connectivity index (χ0) is 17.8. The molecule has 1 aliphatic heterocycles. The van der Waals surface area contributed by atoms with Crippen LogP contribution in [0.2, 0.25) is 0 Å². The number of rotatable bonds is 7. The Morgan fingerprint density at radius 3 is 3.12 bits per heavy atom. The molecule has 8 heteroatoms. The highest BCUT2D eigenvalue weighted by molar-refractivity contribution is 5.77. The lowest BCUT2D eigenvalue weighted by atomic mass is 9.95. The van der Waals surface area contributed by atoms with Crippen molar-refractivity contribution in [3.63, 3.8) is 0 Å². The summed E-state index contributed by atoms with van der Waals surface area (Å²) in [5.41, 5.74) is 1.83. The van der Waals surface area contributed by atoms with E-state index in [1.54, 1.807) is 13.3 Å². The SMILES string of the molecule is COCc1cc(CN[C@@H]2CCC(=O)N[C@H]2c2ccnn2C(C)C)no1. The van der Waals surface area contributed by atoms with Gasteiger partial charge in [-0.15, -0.1) is 0 Å². The van der Waals surface area contributed by atoms with Crippen LogP contribution in [-0.4, -0.2) is 34.0 Å². The van der Waals surface area contributed by atoms with Crippen molar-refractivity contribution in [3.8, 4) is 0 Å². The summed E-state index contributed by atoms with van der Waals surface area (Å²) in [5, 5.41) is 15.0. The van der Waals surface area contributed by atoms with Crippen molar-refractivity contribution in [2.75, 3.05) is 7.11 Å². The Morgan fingerprint density at radius 1 is 1.52 bits per heavy atom. The van der Waals surface area contributed by atoms with Gasteiger partial charge in [0, 0.05) is 44.4 Å². The average Bonchev–Trinajstić information content (AvgIpc) is 3.23. The minimum absolute atomic E-state index is 0.0726. The first-order chi connectivity index (χ1) is 12.1.